The molecule has 2 N–H and O–H groups in total. The Bertz CT molecular complexity index is 278. The predicted molar refractivity (Wildman–Crippen MR) is 58.1 cm³/mol. The van der Waals surface area contributed by atoms with Crippen molar-refractivity contribution in [2.45, 2.75) is 32.4 Å². The topological polar surface area (TPSA) is 75.6 Å². The summed E-state index contributed by atoms with van der Waals surface area (Å²) in [5, 5.41) is 8.85. The summed E-state index contributed by atoms with van der Waals surface area (Å²) in [5.74, 6) is 0.402. The second-order valence-corrected chi connectivity index (χ2v) is 4.62. The van der Waals surface area contributed by atoms with Crippen LogP contribution in [0, 0.1) is 0 Å². The van der Waals surface area contributed by atoms with Crippen LogP contribution < -0.4 is 5.48 Å². The third kappa shape index (κ3) is 5.59. The number of thioether (sulfide) groups is 1. The highest BCUT2D eigenvalue weighted by Crippen LogP contribution is 2.14. The molecule has 0 rings (SSSR count). The molecule has 1 atom stereocenters. The van der Waals surface area contributed by atoms with Crippen LogP contribution in [0.2, 0.25) is 0 Å². The number of carboxylic acids is 1. The number of hydrogen-bond donors (Lipinski definition) is 2. The first-order valence-electron chi connectivity index (χ1n) is 4.27. The van der Waals surface area contributed by atoms with E-state index < -0.39 is 17.6 Å². The Labute approximate surface area is 92.8 Å². The van der Waals surface area contributed by atoms with Crippen LogP contribution in [0.1, 0.15) is 20.8 Å². The average molecular weight is 233 g/mol. The summed E-state index contributed by atoms with van der Waals surface area (Å²) in [6.45, 7) is 5.30. The average Bonchev–Trinajstić information content (AvgIpc) is 2.09. The van der Waals surface area contributed by atoms with Gasteiger partial charge in [0.2, 0.25) is 0 Å². The van der Waals surface area contributed by atoms with E-state index in [0.717, 1.165) is 11.8 Å². The molecule has 0 bridgehead atoms. The highest BCUT2D eigenvalue weighted by Gasteiger charge is 2.25. The van der Waals surface area contributed by atoms with E-state index in [9.17, 15) is 9.59 Å². The van der Waals surface area contributed by atoms with Gasteiger partial charge in [-0.1, -0.05) is 0 Å². The van der Waals surface area contributed by atoms with Gasteiger partial charge < -0.3 is 5.11 Å². The molecule has 0 aromatic carbocycles. The van der Waals surface area contributed by atoms with Crippen LogP contribution >= 0.6 is 11.8 Å². The molecule has 0 spiro atoms. The second-order valence-electron chi connectivity index (χ2n) is 3.77. The van der Waals surface area contributed by atoms with Gasteiger partial charge in [-0.05, 0) is 27.0 Å². The van der Waals surface area contributed by atoms with Crippen LogP contribution in [0.15, 0.2) is 4.91 Å². The molecule has 5 nitrogen and oxygen atoms in total. The molecular formula is C9H15NO4S. The second kappa shape index (κ2) is 5.92. The maximum absolute atomic E-state index is 10.8. The first-order chi connectivity index (χ1) is 6.81. The summed E-state index contributed by atoms with van der Waals surface area (Å²) in [6, 6.07) is -1.17. The fourth-order valence-corrected chi connectivity index (χ4v) is 1.14. The molecule has 6 heteroatoms. The van der Waals surface area contributed by atoms with Crippen molar-refractivity contribution >= 4 is 23.7 Å². The number of carbonyl (C=O) groups is 1. The van der Waals surface area contributed by atoms with Gasteiger partial charge in [0.25, 0.3) is 0 Å². The van der Waals surface area contributed by atoms with Crippen molar-refractivity contribution in [3.05, 3.63) is 4.91 Å². The molecule has 0 saturated heterocycles. The molecule has 0 unspecified atom stereocenters. The lowest BCUT2D eigenvalue weighted by atomic mass is 10.2. The van der Waals surface area contributed by atoms with E-state index in [1.54, 1.807) is 33.0 Å². The summed E-state index contributed by atoms with van der Waals surface area (Å²) in [4.78, 5) is 26.4. The first-order valence-corrected chi connectivity index (χ1v) is 5.49. The summed E-state index contributed by atoms with van der Waals surface area (Å²) >= 11 is 1.03. The Hall–Kier alpha value is -0.810. The number of rotatable bonds is 5. The molecular weight excluding hydrogens is 218 g/mol. The quantitative estimate of drug-likeness (QED) is 0.541. The smallest absolute Gasteiger partial charge is 0.328 e. The number of carboxylic acid groups (broad SMARTS) is 1. The standard InChI is InChI=1S/C9H15NO4S/c1-9(2,3)14-10-7(8(12)13)6(5-11)15-4/h7,10H,1-4H3,(H,12,13)/t7-/m0/s1. The van der Waals surface area contributed by atoms with Crippen molar-refractivity contribution in [1.82, 2.24) is 5.48 Å². The van der Waals surface area contributed by atoms with Crippen molar-refractivity contribution in [3.63, 3.8) is 0 Å². The highest BCUT2D eigenvalue weighted by atomic mass is 32.2. The molecule has 0 aliphatic rings. The Morgan fingerprint density at radius 1 is 1.53 bits per heavy atom. The van der Waals surface area contributed by atoms with E-state index in [0.29, 0.717) is 0 Å². The minimum absolute atomic E-state index is 0.0479. The maximum Gasteiger partial charge on any atom is 0.328 e. The van der Waals surface area contributed by atoms with Gasteiger partial charge in [-0.2, -0.15) is 5.48 Å². The van der Waals surface area contributed by atoms with Crippen LogP contribution in [0.4, 0.5) is 0 Å². The number of nitrogens with one attached hydrogen (secondary N) is 1. The third-order valence-corrected chi connectivity index (χ3v) is 2.07. The SMILES string of the molecule is CSC(=C=O)[C@H](NOC(C)(C)C)C(=O)O. The zero-order valence-electron chi connectivity index (χ0n) is 9.16. The zero-order chi connectivity index (χ0) is 12.1. The molecule has 0 aromatic heterocycles. The van der Waals surface area contributed by atoms with E-state index in [4.69, 9.17) is 9.94 Å². The lowest BCUT2D eigenvalue weighted by Gasteiger charge is -2.22. The van der Waals surface area contributed by atoms with Crippen molar-refractivity contribution in [3.8, 4) is 0 Å². The Morgan fingerprint density at radius 2 is 2.07 bits per heavy atom. The van der Waals surface area contributed by atoms with Crippen molar-refractivity contribution in [2.75, 3.05) is 6.26 Å². The van der Waals surface area contributed by atoms with E-state index >= 15 is 0 Å². The fraction of sp³-hybridized carbons (Fsp3) is 0.667. The van der Waals surface area contributed by atoms with Gasteiger partial charge in [0.1, 0.15) is 5.94 Å². The lowest BCUT2D eigenvalue weighted by molar-refractivity contribution is -0.147. The van der Waals surface area contributed by atoms with Gasteiger partial charge >= 0.3 is 5.97 Å². The molecule has 0 fully saturated rings. The normalized spacial score (nSPS) is 13.1. The Kier molecular flexibility index (Phi) is 5.60. The molecule has 0 saturated carbocycles. The summed E-state index contributed by atoms with van der Waals surface area (Å²) in [7, 11) is 0. The number of hydrogen-bond acceptors (Lipinski definition) is 5. The minimum atomic E-state index is -1.17. The van der Waals surface area contributed by atoms with Crippen LogP contribution in [-0.4, -0.2) is 34.9 Å². The van der Waals surface area contributed by atoms with E-state index in [1.807, 2.05) is 0 Å². The van der Waals surface area contributed by atoms with Gasteiger partial charge in [0.05, 0.1) is 10.5 Å². The fourth-order valence-electron chi connectivity index (χ4n) is 0.670. The van der Waals surface area contributed by atoms with Gasteiger partial charge in [-0.3, -0.25) is 9.63 Å². The van der Waals surface area contributed by atoms with Crippen LogP contribution in [0.5, 0.6) is 0 Å². The molecule has 0 aromatic rings. The monoisotopic (exact) mass is 233 g/mol. The number of aliphatic carboxylic acids is 1. The van der Waals surface area contributed by atoms with E-state index in [1.165, 1.54) is 0 Å². The molecule has 0 amide bonds. The maximum atomic E-state index is 10.8. The van der Waals surface area contributed by atoms with Crippen molar-refractivity contribution in [2.24, 2.45) is 0 Å². The lowest BCUT2D eigenvalue weighted by Crippen LogP contribution is -2.42. The third-order valence-electron chi connectivity index (χ3n) is 1.31. The minimum Gasteiger partial charge on any atom is -0.480 e. The molecule has 0 heterocycles. The van der Waals surface area contributed by atoms with Gasteiger partial charge in [0, 0.05) is 0 Å². The molecule has 0 radical (unpaired) electrons. The number of hydroxylamine groups is 1. The van der Waals surface area contributed by atoms with E-state index in [2.05, 4.69) is 5.48 Å². The summed E-state index contributed by atoms with van der Waals surface area (Å²) < 4.78 is 0. The largest absolute Gasteiger partial charge is 0.480 e. The van der Waals surface area contributed by atoms with Crippen molar-refractivity contribution in [1.29, 1.82) is 0 Å². The predicted octanol–water partition coefficient (Wildman–Crippen LogP) is 0.838. The van der Waals surface area contributed by atoms with Crippen LogP contribution in [-0.2, 0) is 14.4 Å². The van der Waals surface area contributed by atoms with Gasteiger partial charge in [-0.15, -0.1) is 11.8 Å². The van der Waals surface area contributed by atoms with Gasteiger partial charge in [0.15, 0.2) is 6.04 Å². The Balaban J connectivity index is 4.57. The van der Waals surface area contributed by atoms with Gasteiger partial charge in [-0.25, -0.2) is 4.79 Å². The molecule has 86 valence electrons. The zero-order valence-corrected chi connectivity index (χ0v) is 9.97. The Morgan fingerprint density at radius 3 is 2.33 bits per heavy atom. The highest BCUT2D eigenvalue weighted by molar-refractivity contribution is 8.02. The molecule has 15 heavy (non-hydrogen) atoms. The van der Waals surface area contributed by atoms with Crippen molar-refractivity contribution < 1.29 is 19.5 Å². The van der Waals surface area contributed by atoms with Crippen LogP contribution in [0.25, 0.3) is 0 Å². The molecule has 0 aliphatic carbocycles. The van der Waals surface area contributed by atoms with Crippen LogP contribution in [0.3, 0.4) is 0 Å². The summed E-state index contributed by atoms with van der Waals surface area (Å²) in [6.07, 6.45) is 1.61. The molecule has 0 aliphatic heterocycles. The van der Waals surface area contributed by atoms with E-state index in [-0.39, 0.29) is 4.91 Å². The first kappa shape index (κ1) is 14.2. The summed E-state index contributed by atoms with van der Waals surface area (Å²) in [5.41, 5.74) is 1.81. The number of carbonyl (C=O) groups excluding carboxylic acids is 1.